The van der Waals surface area contributed by atoms with E-state index in [1.807, 2.05) is 48.9 Å². The summed E-state index contributed by atoms with van der Waals surface area (Å²) in [5.41, 5.74) is 3.56. The first-order chi connectivity index (χ1) is 11.6. The minimum atomic E-state index is -0.559. The minimum Gasteiger partial charge on any atom is -0.454 e. The lowest BCUT2D eigenvalue weighted by atomic mass is 9.96. The lowest BCUT2D eigenvalue weighted by Gasteiger charge is -2.20. The van der Waals surface area contributed by atoms with Crippen LogP contribution in [-0.2, 0) is 20.7 Å². The third-order valence-corrected chi connectivity index (χ3v) is 4.54. The molecule has 1 aliphatic carbocycles. The molecule has 0 N–H and O–H groups in total. The Hall–Kier alpha value is -2.43. The second kappa shape index (κ2) is 6.99. The Morgan fingerprint density at radius 3 is 2.71 bits per heavy atom. The van der Waals surface area contributed by atoms with Gasteiger partial charge in [0.25, 0.3) is 0 Å². The molecule has 0 bridgehead atoms. The van der Waals surface area contributed by atoms with Gasteiger partial charge in [-0.25, -0.2) is 4.68 Å². The summed E-state index contributed by atoms with van der Waals surface area (Å²) in [5, 5.41) is 4.54. The highest BCUT2D eigenvalue weighted by Gasteiger charge is 2.26. The first-order valence-electron chi connectivity index (χ1n) is 8.39. The van der Waals surface area contributed by atoms with E-state index >= 15 is 0 Å². The normalized spacial score (nSPS) is 17.8. The van der Waals surface area contributed by atoms with Gasteiger partial charge in [0.15, 0.2) is 11.9 Å². The molecule has 1 heterocycles. The van der Waals surface area contributed by atoms with E-state index in [9.17, 15) is 9.59 Å². The number of Topliss-reactive ketones (excluding diaryl/α,β-unsaturated/α-hetero) is 1. The van der Waals surface area contributed by atoms with Crippen LogP contribution in [0.15, 0.2) is 30.3 Å². The second-order valence-electron chi connectivity index (χ2n) is 6.26. The van der Waals surface area contributed by atoms with E-state index in [4.69, 9.17) is 4.74 Å². The van der Waals surface area contributed by atoms with Crippen molar-refractivity contribution < 1.29 is 14.3 Å². The van der Waals surface area contributed by atoms with Gasteiger partial charge < -0.3 is 4.74 Å². The van der Waals surface area contributed by atoms with Gasteiger partial charge in [0.05, 0.1) is 17.8 Å². The lowest BCUT2D eigenvalue weighted by Crippen LogP contribution is -2.30. The number of carbonyl (C=O) groups is 2. The lowest BCUT2D eigenvalue weighted by molar-refractivity contribution is -0.156. The molecule has 0 unspecified atom stereocenters. The molecule has 2 aromatic rings. The number of nitrogens with zero attached hydrogens (tertiary/aromatic N) is 2. The summed E-state index contributed by atoms with van der Waals surface area (Å²) in [6, 6.07) is 9.81. The molecule has 1 fully saturated rings. The van der Waals surface area contributed by atoms with Crippen molar-refractivity contribution in [2.24, 2.45) is 0 Å². The number of hydrogen-bond donors (Lipinski definition) is 0. The molecule has 24 heavy (non-hydrogen) atoms. The Balaban J connectivity index is 1.74. The van der Waals surface area contributed by atoms with E-state index in [-0.39, 0.29) is 18.2 Å². The Morgan fingerprint density at radius 1 is 1.25 bits per heavy atom. The molecular weight excluding hydrogens is 304 g/mol. The first-order valence-corrected chi connectivity index (χ1v) is 8.39. The van der Waals surface area contributed by atoms with Crippen molar-refractivity contribution in [2.75, 3.05) is 0 Å². The number of ketones is 1. The quantitative estimate of drug-likeness (QED) is 0.810. The fraction of sp³-hybridized carbons (Fsp3) is 0.421. The van der Waals surface area contributed by atoms with E-state index < -0.39 is 6.10 Å². The van der Waals surface area contributed by atoms with Crippen LogP contribution in [-0.4, -0.2) is 27.6 Å². The molecule has 1 aliphatic rings. The Bertz CT molecular complexity index is 749. The van der Waals surface area contributed by atoms with Gasteiger partial charge in [-0.05, 0) is 45.2 Å². The van der Waals surface area contributed by atoms with E-state index in [2.05, 4.69) is 5.10 Å². The molecule has 0 aliphatic heterocycles. The molecule has 1 atom stereocenters. The number of benzene rings is 1. The monoisotopic (exact) mass is 326 g/mol. The molecule has 5 nitrogen and oxygen atoms in total. The smallest absolute Gasteiger partial charge is 0.311 e. The van der Waals surface area contributed by atoms with E-state index in [0.29, 0.717) is 12.8 Å². The average molecular weight is 326 g/mol. The zero-order valence-electron chi connectivity index (χ0n) is 14.1. The molecule has 1 aromatic carbocycles. The van der Waals surface area contributed by atoms with E-state index in [1.165, 1.54) is 0 Å². The van der Waals surface area contributed by atoms with Crippen LogP contribution >= 0.6 is 0 Å². The standard InChI is InChI=1S/C19H22N2O3/c1-13-16(12-19(23)24-18-11-7-6-10-17(18)22)14(2)21(20-13)15-8-4-3-5-9-15/h3-5,8-9,18H,6-7,10-12H2,1-2H3/t18-/m0/s1. The molecule has 0 saturated heterocycles. The molecule has 1 aromatic heterocycles. The summed E-state index contributed by atoms with van der Waals surface area (Å²) in [5.74, 6) is -0.308. The number of rotatable bonds is 4. The van der Waals surface area contributed by atoms with Gasteiger partial charge in [-0.1, -0.05) is 18.2 Å². The third kappa shape index (κ3) is 3.40. The largest absolute Gasteiger partial charge is 0.454 e. The molecule has 5 heteroatoms. The third-order valence-electron chi connectivity index (χ3n) is 4.54. The molecule has 0 spiro atoms. The molecule has 3 rings (SSSR count). The maximum Gasteiger partial charge on any atom is 0.311 e. The van der Waals surface area contributed by atoms with Crippen molar-refractivity contribution in [3.63, 3.8) is 0 Å². The van der Waals surface area contributed by atoms with Crippen LogP contribution < -0.4 is 0 Å². The summed E-state index contributed by atoms with van der Waals surface area (Å²) in [6.45, 7) is 3.84. The number of para-hydroxylation sites is 1. The number of hydrogen-bond acceptors (Lipinski definition) is 4. The fourth-order valence-electron chi connectivity index (χ4n) is 3.17. The molecule has 0 radical (unpaired) electrons. The number of aryl methyl sites for hydroxylation is 1. The van der Waals surface area contributed by atoms with Crippen molar-refractivity contribution in [3.05, 3.63) is 47.3 Å². The van der Waals surface area contributed by atoms with Crippen molar-refractivity contribution in [1.82, 2.24) is 9.78 Å². The van der Waals surface area contributed by atoms with Gasteiger partial charge in [0, 0.05) is 17.7 Å². The minimum absolute atomic E-state index is 0.0445. The highest BCUT2D eigenvalue weighted by Crippen LogP contribution is 2.21. The summed E-state index contributed by atoms with van der Waals surface area (Å²) < 4.78 is 7.24. The van der Waals surface area contributed by atoms with Crippen LogP contribution in [0.5, 0.6) is 0 Å². The number of aromatic nitrogens is 2. The zero-order chi connectivity index (χ0) is 17.1. The Labute approximate surface area is 141 Å². The molecule has 0 amide bonds. The van der Waals surface area contributed by atoms with Gasteiger partial charge in [0.2, 0.25) is 0 Å². The first kappa shape index (κ1) is 16.4. The van der Waals surface area contributed by atoms with Gasteiger partial charge in [-0.3, -0.25) is 9.59 Å². The van der Waals surface area contributed by atoms with Crippen LogP contribution in [0.25, 0.3) is 5.69 Å². The molecular formula is C19H22N2O3. The summed E-state index contributed by atoms with van der Waals surface area (Å²) in [6.07, 6.45) is 2.58. The van der Waals surface area contributed by atoms with Gasteiger partial charge >= 0.3 is 5.97 Å². The fourth-order valence-corrected chi connectivity index (χ4v) is 3.17. The SMILES string of the molecule is Cc1nn(-c2ccccc2)c(C)c1CC(=O)O[C@H]1CCCCC1=O. The summed E-state index contributed by atoms with van der Waals surface area (Å²) >= 11 is 0. The highest BCUT2D eigenvalue weighted by atomic mass is 16.5. The van der Waals surface area contributed by atoms with Crippen LogP contribution in [0.4, 0.5) is 0 Å². The van der Waals surface area contributed by atoms with Gasteiger partial charge in [0.1, 0.15) is 0 Å². The predicted octanol–water partition coefficient (Wildman–Crippen LogP) is 3.09. The van der Waals surface area contributed by atoms with Crippen molar-refractivity contribution >= 4 is 11.8 Å². The molecule has 1 saturated carbocycles. The molecule has 126 valence electrons. The van der Waals surface area contributed by atoms with Crippen LogP contribution in [0.1, 0.15) is 42.6 Å². The van der Waals surface area contributed by atoms with Crippen LogP contribution in [0.3, 0.4) is 0 Å². The van der Waals surface area contributed by atoms with Crippen molar-refractivity contribution in [2.45, 2.75) is 52.1 Å². The van der Waals surface area contributed by atoms with Crippen LogP contribution in [0, 0.1) is 13.8 Å². The summed E-state index contributed by atoms with van der Waals surface area (Å²) in [7, 11) is 0. The average Bonchev–Trinajstić information content (AvgIpc) is 2.86. The highest BCUT2D eigenvalue weighted by molar-refractivity contribution is 5.86. The Morgan fingerprint density at radius 2 is 2.00 bits per heavy atom. The zero-order valence-corrected chi connectivity index (χ0v) is 14.1. The van der Waals surface area contributed by atoms with Crippen molar-refractivity contribution in [1.29, 1.82) is 0 Å². The maximum absolute atomic E-state index is 12.3. The number of ether oxygens (including phenoxy) is 1. The topological polar surface area (TPSA) is 61.2 Å². The van der Waals surface area contributed by atoms with E-state index in [0.717, 1.165) is 35.5 Å². The van der Waals surface area contributed by atoms with Gasteiger partial charge in [-0.2, -0.15) is 5.10 Å². The number of carbonyl (C=O) groups excluding carboxylic acids is 2. The summed E-state index contributed by atoms with van der Waals surface area (Å²) in [4.78, 5) is 24.1. The van der Waals surface area contributed by atoms with E-state index in [1.54, 1.807) is 0 Å². The number of esters is 1. The van der Waals surface area contributed by atoms with Crippen LogP contribution in [0.2, 0.25) is 0 Å². The maximum atomic E-state index is 12.3. The van der Waals surface area contributed by atoms with Crippen molar-refractivity contribution in [3.8, 4) is 5.69 Å². The van der Waals surface area contributed by atoms with Gasteiger partial charge in [-0.15, -0.1) is 0 Å². The second-order valence-corrected chi connectivity index (χ2v) is 6.26. The predicted molar refractivity (Wildman–Crippen MR) is 90.1 cm³/mol. The Kier molecular flexibility index (Phi) is 4.79.